The van der Waals surface area contributed by atoms with Gasteiger partial charge in [-0.1, -0.05) is 18.2 Å². The van der Waals surface area contributed by atoms with E-state index in [9.17, 15) is 26.4 Å². The lowest BCUT2D eigenvalue weighted by Gasteiger charge is -2.12. The number of carbonyl (C=O) groups is 1. The molecule has 7 nitrogen and oxygen atoms in total. The van der Waals surface area contributed by atoms with Crippen molar-refractivity contribution in [2.45, 2.75) is 11.1 Å². The van der Waals surface area contributed by atoms with Gasteiger partial charge in [0.2, 0.25) is 0 Å². The van der Waals surface area contributed by atoms with Crippen LogP contribution in [0.3, 0.4) is 0 Å². The number of para-hydroxylation sites is 2. The third-order valence-electron chi connectivity index (χ3n) is 4.54. The molecule has 32 heavy (non-hydrogen) atoms. The molecule has 0 aliphatic carbocycles. The first-order chi connectivity index (χ1) is 15.1. The van der Waals surface area contributed by atoms with E-state index in [1.54, 1.807) is 18.2 Å². The molecule has 4 rings (SSSR count). The topological polar surface area (TPSA) is 93.1 Å². The van der Waals surface area contributed by atoms with E-state index in [2.05, 4.69) is 15.1 Å². The van der Waals surface area contributed by atoms with Crippen LogP contribution in [-0.4, -0.2) is 24.0 Å². The maximum Gasteiger partial charge on any atom is 0.416 e. The Hall–Kier alpha value is -3.86. The van der Waals surface area contributed by atoms with Crippen molar-refractivity contribution in [2.24, 2.45) is 0 Å². The molecule has 0 aliphatic heterocycles. The number of nitrogens with one attached hydrogen (secondary N) is 2. The Morgan fingerprint density at radius 1 is 0.938 bits per heavy atom. The first-order valence-electron chi connectivity index (χ1n) is 9.17. The van der Waals surface area contributed by atoms with Gasteiger partial charge < -0.3 is 0 Å². The molecule has 0 radical (unpaired) electrons. The highest BCUT2D eigenvalue weighted by molar-refractivity contribution is 7.92. The number of sulfonamides is 1. The summed E-state index contributed by atoms with van der Waals surface area (Å²) in [4.78, 5) is 16.5. The first-order valence-corrected chi connectivity index (χ1v) is 10.7. The Balaban J connectivity index is 1.51. The lowest BCUT2D eigenvalue weighted by molar-refractivity contribution is -0.137. The summed E-state index contributed by atoms with van der Waals surface area (Å²) in [5, 5.41) is 0. The molecule has 0 atom stereocenters. The zero-order valence-corrected chi connectivity index (χ0v) is 17.0. The maximum absolute atomic E-state index is 12.8. The zero-order valence-electron chi connectivity index (χ0n) is 16.2. The van der Waals surface area contributed by atoms with Crippen molar-refractivity contribution in [3.05, 3.63) is 90.3 Å². The van der Waals surface area contributed by atoms with Crippen molar-refractivity contribution in [3.8, 4) is 0 Å². The van der Waals surface area contributed by atoms with Crippen LogP contribution in [0.5, 0.6) is 0 Å². The summed E-state index contributed by atoms with van der Waals surface area (Å²) in [6.45, 7) is 0. The second-order valence-corrected chi connectivity index (χ2v) is 8.44. The summed E-state index contributed by atoms with van der Waals surface area (Å²) in [6, 6.07) is 16.0. The van der Waals surface area contributed by atoms with E-state index in [1.165, 1.54) is 41.3 Å². The van der Waals surface area contributed by atoms with Crippen LogP contribution in [0.25, 0.3) is 11.0 Å². The standard InChI is InChI=1S/C21H15F3N4O3S/c22-21(23,24)15-4-3-5-16(12-15)27-32(30,31)17-10-8-14(9-11-17)20(29)26-28-13-25-18-6-1-2-7-19(18)28/h1-13,27H,(H,26,29). The van der Waals surface area contributed by atoms with Gasteiger partial charge in [-0.3, -0.25) is 14.9 Å². The van der Waals surface area contributed by atoms with E-state index < -0.39 is 27.7 Å². The molecular formula is C21H15F3N4O3S. The van der Waals surface area contributed by atoms with Crippen LogP contribution in [0, 0.1) is 0 Å². The molecule has 1 aromatic heterocycles. The van der Waals surface area contributed by atoms with E-state index in [0.29, 0.717) is 17.1 Å². The van der Waals surface area contributed by atoms with Gasteiger partial charge >= 0.3 is 6.18 Å². The molecule has 0 bridgehead atoms. The van der Waals surface area contributed by atoms with Gasteiger partial charge in [0.1, 0.15) is 6.33 Å². The second kappa shape index (κ2) is 8.00. The number of aromatic nitrogens is 2. The monoisotopic (exact) mass is 460 g/mol. The predicted octanol–water partition coefficient (Wildman–Crippen LogP) is 4.24. The molecule has 1 amide bonds. The predicted molar refractivity (Wildman–Crippen MR) is 112 cm³/mol. The minimum atomic E-state index is -4.60. The minimum Gasteiger partial charge on any atom is -0.280 e. The fraction of sp³-hybridized carbons (Fsp3) is 0.0476. The lowest BCUT2D eigenvalue weighted by atomic mass is 10.2. The van der Waals surface area contributed by atoms with E-state index in [-0.39, 0.29) is 16.1 Å². The second-order valence-electron chi connectivity index (χ2n) is 6.75. The number of alkyl halides is 3. The molecule has 0 unspecified atom stereocenters. The number of hydrogen-bond acceptors (Lipinski definition) is 4. The largest absolute Gasteiger partial charge is 0.416 e. The lowest BCUT2D eigenvalue weighted by Crippen LogP contribution is -2.22. The molecule has 4 aromatic rings. The number of hydrogen-bond donors (Lipinski definition) is 2. The number of nitrogens with zero attached hydrogens (tertiary/aromatic N) is 2. The maximum atomic E-state index is 12.8. The Bertz CT molecular complexity index is 1400. The molecule has 3 aromatic carbocycles. The molecule has 0 saturated carbocycles. The number of carbonyl (C=O) groups excluding carboxylic acids is 1. The SMILES string of the molecule is O=C(Nn1cnc2ccccc21)c1ccc(S(=O)(=O)Nc2cccc(C(F)(F)F)c2)cc1. The third-order valence-corrected chi connectivity index (χ3v) is 5.94. The highest BCUT2D eigenvalue weighted by Gasteiger charge is 2.30. The van der Waals surface area contributed by atoms with Crippen molar-refractivity contribution >= 4 is 32.7 Å². The van der Waals surface area contributed by atoms with Crippen LogP contribution in [-0.2, 0) is 16.2 Å². The van der Waals surface area contributed by atoms with Gasteiger partial charge in [-0.15, -0.1) is 0 Å². The van der Waals surface area contributed by atoms with Crippen LogP contribution in [0.2, 0.25) is 0 Å². The molecule has 0 aliphatic rings. The fourth-order valence-electron chi connectivity index (χ4n) is 2.98. The van der Waals surface area contributed by atoms with Gasteiger partial charge in [-0.05, 0) is 54.6 Å². The Morgan fingerprint density at radius 2 is 1.66 bits per heavy atom. The van der Waals surface area contributed by atoms with Crippen molar-refractivity contribution in [2.75, 3.05) is 10.1 Å². The summed E-state index contributed by atoms with van der Waals surface area (Å²) >= 11 is 0. The van der Waals surface area contributed by atoms with Crippen molar-refractivity contribution < 1.29 is 26.4 Å². The number of imidazole rings is 1. The number of rotatable bonds is 5. The molecule has 11 heteroatoms. The number of fused-ring (bicyclic) bond motifs is 1. The van der Waals surface area contributed by atoms with E-state index in [1.807, 2.05) is 6.07 Å². The average molecular weight is 460 g/mol. The number of anilines is 1. The fourth-order valence-corrected chi connectivity index (χ4v) is 4.03. The normalized spacial score (nSPS) is 12.0. The highest BCUT2D eigenvalue weighted by atomic mass is 32.2. The van der Waals surface area contributed by atoms with Crippen molar-refractivity contribution in [3.63, 3.8) is 0 Å². The summed E-state index contributed by atoms with van der Waals surface area (Å²) in [5.41, 5.74) is 3.00. The smallest absolute Gasteiger partial charge is 0.280 e. The third kappa shape index (κ3) is 4.42. The average Bonchev–Trinajstić information content (AvgIpc) is 3.16. The molecule has 1 heterocycles. The van der Waals surface area contributed by atoms with Gasteiger partial charge in [-0.25, -0.2) is 18.1 Å². The highest BCUT2D eigenvalue weighted by Crippen LogP contribution is 2.31. The zero-order chi connectivity index (χ0) is 22.9. The Morgan fingerprint density at radius 3 is 2.38 bits per heavy atom. The summed E-state index contributed by atoms with van der Waals surface area (Å²) < 4.78 is 67.2. The summed E-state index contributed by atoms with van der Waals surface area (Å²) in [5.74, 6) is -0.497. The van der Waals surface area contributed by atoms with Crippen LogP contribution in [0.1, 0.15) is 15.9 Å². The molecule has 164 valence electrons. The van der Waals surface area contributed by atoms with Gasteiger partial charge in [0.25, 0.3) is 15.9 Å². The minimum absolute atomic E-state index is 0.181. The van der Waals surface area contributed by atoms with E-state index >= 15 is 0 Å². The Kier molecular flexibility index (Phi) is 5.35. The molecular weight excluding hydrogens is 445 g/mol. The van der Waals surface area contributed by atoms with Gasteiger partial charge in [-0.2, -0.15) is 13.2 Å². The summed E-state index contributed by atoms with van der Waals surface area (Å²) in [6.07, 6.45) is -3.16. The molecule has 0 saturated heterocycles. The van der Waals surface area contributed by atoms with Crippen LogP contribution in [0.4, 0.5) is 18.9 Å². The number of benzene rings is 3. The van der Waals surface area contributed by atoms with Crippen LogP contribution in [0.15, 0.2) is 84.0 Å². The van der Waals surface area contributed by atoms with Crippen LogP contribution >= 0.6 is 0 Å². The Labute approximate surface area is 180 Å². The van der Waals surface area contributed by atoms with Gasteiger partial charge in [0.15, 0.2) is 0 Å². The molecule has 0 fully saturated rings. The molecule has 0 spiro atoms. The van der Waals surface area contributed by atoms with Gasteiger partial charge in [0, 0.05) is 11.3 Å². The first kappa shape index (κ1) is 21.4. The van der Waals surface area contributed by atoms with E-state index in [4.69, 9.17) is 0 Å². The summed E-state index contributed by atoms with van der Waals surface area (Å²) in [7, 11) is -4.16. The van der Waals surface area contributed by atoms with Crippen molar-refractivity contribution in [1.29, 1.82) is 0 Å². The molecule has 2 N–H and O–H groups in total. The van der Waals surface area contributed by atoms with Crippen LogP contribution < -0.4 is 10.1 Å². The van der Waals surface area contributed by atoms with E-state index in [0.717, 1.165) is 12.1 Å². The quantitative estimate of drug-likeness (QED) is 0.466. The van der Waals surface area contributed by atoms with Crippen molar-refractivity contribution in [1.82, 2.24) is 9.66 Å². The van der Waals surface area contributed by atoms with Gasteiger partial charge in [0.05, 0.1) is 21.5 Å². The number of amides is 1. The number of halogens is 3.